The Labute approximate surface area is 404 Å². The molecule has 6 heteroatoms. The van der Waals surface area contributed by atoms with Crippen LogP contribution in [0.2, 0.25) is 0 Å². The van der Waals surface area contributed by atoms with Gasteiger partial charge in [0.15, 0.2) is 0 Å². The molecule has 0 radical (unpaired) electrons. The molecule has 1 amide bonds. The lowest BCUT2D eigenvalue weighted by Gasteiger charge is -2.20. The van der Waals surface area contributed by atoms with Crippen molar-refractivity contribution in [3.63, 3.8) is 0 Å². The number of carbonyl (C=O) groups is 2. The zero-order chi connectivity index (χ0) is 47.2. The van der Waals surface area contributed by atoms with Crippen molar-refractivity contribution in [3.05, 3.63) is 36.5 Å². The van der Waals surface area contributed by atoms with Gasteiger partial charge in [0.2, 0.25) is 5.91 Å². The minimum Gasteiger partial charge on any atom is -0.466 e. The Morgan fingerprint density at radius 2 is 0.769 bits per heavy atom. The first-order valence-corrected chi connectivity index (χ1v) is 28.8. The molecule has 0 rings (SSSR count). The van der Waals surface area contributed by atoms with E-state index in [1.165, 1.54) is 212 Å². The first-order valence-electron chi connectivity index (χ1n) is 28.8. The molecule has 0 spiro atoms. The van der Waals surface area contributed by atoms with Crippen LogP contribution in [0.4, 0.5) is 0 Å². The molecule has 3 N–H and O–H groups in total. The summed E-state index contributed by atoms with van der Waals surface area (Å²) in [7, 11) is 0. The third-order valence-electron chi connectivity index (χ3n) is 13.2. The van der Waals surface area contributed by atoms with Gasteiger partial charge in [-0.05, 0) is 64.2 Å². The number of hydrogen-bond donors (Lipinski definition) is 3. The zero-order valence-corrected chi connectivity index (χ0v) is 43.5. The minimum absolute atomic E-state index is 0.0145. The van der Waals surface area contributed by atoms with Crippen LogP contribution in [0.5, 0.6) is 0 Å². The van der Waals surface area contributed by atoms with E-state index in [2.05, 4.69) is 43.5 Å². The highest BCUT2D eigenvalue weighted by molar-refractivity contribution is 5.76. The van der Waals surface area contributed by atoms with Crippen LogP contribution in [0.15, 0.2) is 36.5 Å². The standard InChI is InChI=1S/C59H111NO5/c1-3-5-7-9-11-13-15-17-19-21-23-24-27-31-35-39-43-47-51-57(62)56(55-61)60-58(63)52-48-44-40-36-32-28-26-30-34-38-42-46-50-54-65-59(64)53-49-45-41-37-33-29-25-22-20-18-16-14-12-10-8-6-4-2/h12,14,18,20,47,51,56-57,61-62H,3-11,13,15-17,19,21-46,48-50,52-55H2,1-2H3,(H,60,63)/b14-12-,20-18-,51-47+. The summed E-state index contributed by atoms with van der Waals surface area (Å²) in [6.45, 7) is 4.86. The van der Waals surface area contributed by atoms with Gasteiger partial charge in [-0.15, -0.1) is 0 Å². The first kappa shape index (κ1) is 63.1. The van der Waals surface area contributed by atoms with Gasteiger partial charge in [0.25, 0.3) is 0 Å². The molecule has 0 aromatic heterocycles. The van der Waals surface area contributed by atoms with E-state index in [-0.39, 0.29) is 18.5 Å². The normalized spacial score (nSPS) is 12.9. The average molecular weight is 915 g/mol. The molecule has 0 aliphatic carbocycles. The van der Waals surface area contributed by atoms with Crippen LogP contribution in [0, 0.1) is 0 Å². The number of ether oxygens (including phenoxy) is 1. The number of aliphatic hydroxyl groups excluding tert-OH is 2. The Kier molecular flexibility index (Phi) is 53.1. The molecule has 0 saturated carbocycles. The monoisotopic (exact) mass is 914 g/mol. The molecular formula is C59H111NO5. The number of esters is 1. The molecule has 382 valence electrons. The minimum atomic E-state index is -0.854. The van der Waals surface area contributed by atoms with E-state index >= 15 is 0 Å². The van der Waals surface area contributed by atoms with Crippen molar-refractivity contribution in [1.29, 1.82) is 0 Å². The van der Waals surface area contributed by atoms with Crippen molar-refractivity contribution in [2.24, 2.45) is 0 Å². The Balaban J connectivity index is 3.48. The van der Waals surface area contributed by atoms with Crippen LogP contribution in [0.1, 0.15) is 303 Å². The summed E-state index contributed by atoms with van der Waals surface area (Å²) in [5.41, 5.74) is 0. The van der Waals surface area contributed by atoms with E-state index in [1.807, 2.05) is 6.08 Å². The number of amides is 1. The molecule has 0 bridgehead atoms. The lowest BCUT2D eigenvalue weighted by atomic mass is 10.0. The third kappa shape index (κ3) is 51.3. The molecule has 65 heavy (non-hydrogen) atoms. The summed E-state index contributed by atoms with van der Waals surface area (Å²) >= 11 is 0. The van der Waals surface area contributed by atoms with Gasteiger partial charge in [0, 0.05) is 12.8 Å². The summed E-state index contributed by atoms with van der Waals surface area (Å²) in [5.74, 6) is -0.0943. The molecule has 0 heterocycles. The molecule has 2 atom stereocenters. The summed E-state index contributed by atoms with van der Waals surface area (Å²) in [5, 5.41) is 23.1. The molecule has 0 fully saturated rings. The van der Waals surface area contributed by atoms with E-state index < -0.39 is 12.1 Å². The molecule has 0 aromatic rings. The highest BCUT2D eigenvalue weighted by Crippen LogP contribution is 2.16. The molecule has 0 aromatic carbocycles. The van der Waals surface area contributed by atoms with Gasteiger partial charge in [0.05, 0.1) is 25.4 Å². The Bertz CT molecular complexity index is 1060. The number of allylic oxidation sites excluding steroid dienone is 5. The Morgan fingerprint density at radius 3 is 1.20 bits per heavy atom. The van der Waals surface area contributed by atoms with E-state index in [0.717, 1.165) is 64.2 Å². The number of nitrogens with one attached hydrogen (secondary N) is 1. The van der Waals surface area contributed by atoms with Gasteiger partial charge in [-0.1, -0.05) is 262 Å². The summed E-state index contributed by atoms with van der Waals surface area (Å²) in [4.78, 5) is 24.5. The Hall–Kier alpha value is -1.92. The van der Waals surface area contributed by atoms with Crippen molar-refractivity contribution >= 4 is 11.9 Å². The van der Waals surface area contributed by atoms with Crippen molar-refractivity contribution in [2.75, 3.05) is 13.2 Å². The van der Waals surface area contributed by atoms with Gasteiger partial charge >= 0.3 is 5.97 Å². The second-order valence-electron chi connectivity index (χ2n) is 19.6. The predicted molar refractivity (Wildman–Crippen MR) is 283 cm³/mol. The maximum Gasteiger partial charge on any atom is 0.305 e. The fraction of sp³-hybridized carbons (Fsp3) is 0.864. The molecular weight excluding hydrogens is 803 g/mol. The fourth-order valence-corrected chi connectivity index (χ4v) is 8.72. The first-order chi connectivity index (χ1) is 32.0. The van der Waals surface area contributed by atoms with Gasteiger partial charge < -0.3 is 20.3 Å². The van der Waals surface area contributed by atoms with E-state index in [9.17, 15) is 19.8 Å². The highest BCUT2D eigenvalue weighted by atomic mass is 16.5. The van der Waals surface area contributed by atoms with Gasteiger partial charge in [-0.25, -0.2) is 0 Å². The lowest BCUT2D eigenvalue weighted by molar-refractivity contribution is -0.143. The lowest BCUT2D eigenvalue weighted by Crippen LogP contribution is -2.45. The summed E-state index contributed by atoms with van der Waals surface area (Å²) in [6, 6.07) is -0.639. The van der Waals surface area contributed by atoms with E-state index in [0.29, 0.717) is 19.4 Å². The number of hydrogen-bond acceptors (Lipinski definition) is 5. The predicted octanol–water partition coefficient (Wildman–Crippen LogP) is 17.6. The van der Waals surface area contributed by atoms with Crippen molar-refractivity contribution in [1.82, 2.24) is 5.32 Å². The average Bonchev–Trinajstić information content (AvgIpc) is 3.31. The van der Waals surface area contributed by atoms with Gasteiger partial charge in [-0.2, -0.15) is 0 Å². The quantitative estimate of drug-likeness (QED) is 0.0321. The zero-order valence-electron chi connectivity index (χ0n) is 43.5. The highest BCUT2D eigenvalue weighted by Gasteiger charge is 2.18. The van der Waals surface area contributed by atoms with Crippen molar-refractivity contribution < 1.29 is 24.5 Å². The number of carbonyl (C=O) groups excluding carboxylic acids is 2. The van der Waals surface area contributed by atoms with Crippen molar-refractivity contribution in [2.45, 2.75) is 315 Å². The van der Waals surface area contributed by atoms with Crippen LogP contribution in [-0.4, -0.2) is 47.4 Å². The number of aliphatic hydroxyl groups is 2. The van der Waals surface area contributed by atoms with Gasteiger partial charge in [0.1, 0.15) is 0 Å². The van der Waals surface area contributed by atoms with E-state index in [1.54, 1.807) is 6.08 Å². The van der Waals surface area contributed by atoms with Crippen LogP contribution in [0.25, 0.3) is 0 Å². The SMILES string of the molecule is CCCCC/C=C\C/C=C\CCCCCCCCCC(=O)OCCCCCCCCCCCCCCCC(=O)NC(CO)C(O)/C=C/CCCCCCCCCCCCCCCCCC. The summed E-state index contributed by atoms with van der Waals surface area (Å²) < 4.78 is 5.47. The maximum atomic E-state index is 12.5. The van der Waals surface area contributed by atoms with Crippen LogP contribution < -0.4 is 5.32 Å². The molecule has 0 aliphatic rings. The number of unbranched alkanes of at least 4 members (excludes halogenated alkanes) is 38. The fourth-order valence-electron chi connectivity index (χ4n) is 8.72. The smallest absolute Gasteiger partial charge is 0.305 e. The second-order valence-corrected chi connectivity index (χ2v) is 19.6. The molecule has 0 aliphatic heterocycles. The largest absolute Gasteiger partial charge is 0.466 e. The van der Waals surface area contributed by atoms with E-state index in [4.69, 9.17) is 4.74 Å². The Morgan fingerprint density at radius 1 is 0.431 bits per heavy atom. The second kappa shape index (κ2) is 54.7. The van der Waals surface area contributed by atoms with Crippen LogP contribution >= 0.6 is 0 Å². The van der Waals surface area contributed by atoms with Crippen LogP contribution in [0.3, 0.4) is 0 Å². The maximum absolute atomic E-state index is 12.5. The van der Waals surface area contributed by atoms with Gasteiger partial charge in [-0.3, -0.25) is 9.59 Å². The molecule has 2 unspecified atom stereocenters. The van der Waals surface area contributed by atoms with Crippen molar-refractivity contribution in [3.8, 4) is 0 Å². The topological polar surface area (TPSA) is 95.9 Å². The molecule has 0 saturated heterocycles. The summed E-state index contributed by atoms with van der Waals surface area (Å²) in [6.07, 6.45) is 67.2. The third-order valence-corrected chi connectivity index (χ3v) is 13.2. The number of rotatable bonds is 53. The molecule has 6 nitrogen and oxygen atoms in total. The van der Waals surface area contributed by atoms with Crippen LogP contribution in [-0.2, 0) is 14.3 Å².